The van der Waals surface area contributed by atoms with Gasteiger partial charge in [0.1, 0.15) is 11.6 Å². The van der Waals surface area contributed by atoms with Crippen LogP contribution >= 0.6 is 0 Å². The van der Waals surface area contributed by atoms with E-state index in [1.807, 2.05) is 25.1 Å². The molecular formula is C27H22N4O7. The topological polar surface area (TPSA) is 158 Å². The molecule has 3 rings (SSSR count). The highest BCUT2D eigenvalue weighted by atomic mass is 16.6. The van der Waals surface area contributed by atoms with E-state index in [1.54, 1.807) is 24.3 Å². The van der Waals surface area contributed by atoms with Crippen molar-refractivity contribution in [2.45, 2.75) is 13.3 Å². The third kappa shape index (κ3) is 6.38. The Labute approximate surface area is 217 Å². The number of allylic oxidation sites excluding steroid dienone is 1. The van der Waals surface area contributed by atoms with E-state index >= 15 is 0 Å². The molecule has 0 saturated heterocycles. The molecule has 1 amide bonds. The summed E-state index contributed by atoms with van der Waals surface area (Å²) in [6.45, 7) is 5.62. The molecule has 0 spiro atoms. The van der Waals surface area contributed by atoms with Crippen LogP contribution in [0.25, 0.3) is 6.08 Å². The fourth-order valence-corrected chi connectivity index (χ4v) is 3.45. The maximum atomic E-state index is 12.7. The first-order valence-corrected chi connectivity index (χ1v) is 11.1. The molecule has 3 aromatic carbocycles. The number of non-ortho nitro benzene ring substituents is 1. The number of nitrogens with one attached hydrogen (secondary N) is 1. The van der Waals surface area contributed by atoms with E-state index in [4.69, 9.17) is 9.47 Å². The zero-order valence-electron chi connectivity index (χ0n) is 20.5. The molecule has 0 fully saturated rings. The largest absolute Gasteiger partial charge is 0.493 e. The van der Waals surface area contributed by atoms with Gasteiger partial charge in [-0.1, -0.05) is 23.8 Å². The Bertz CT molecular complexity index is 1490. The number of nitro benzene ring substituents is 2. The van der Waals surface area contributed by atoms with Crippen LogP contribution in [-0.4, -0.2) is 22.9 Å². The van der Waals surface area contributed by atoms with Gasteiger partial charge in [-0.2, -0.15) is 5.26 Å². The van der Waals surface area contributed by atoms with Crippen LogP contribution in [0.1, 0.15) is 16.7 Å². The lowest BCUT2D eigenvalue weighted by atomic mass is 10.0. The number of aryl methyl sites for hydroxylation is 1. The van der Waals surface area contributed by atoms with Gasteiger partial charge in [-0.05, 0) is 55.3 Å². The predicted molar refractivity (Wildman–Crippen MR) is 140 cm³/mol. The lowest BCUT2D eigenvalue weighted by molar-refractivity contribution is -0.394. The Morgan fingerprint density at radius 1 is 1.08 bits per heavy atom. The van der Waals surface area contributed by atoms with Crippen molar-refractivity contribution in [3.8, 4) is 23.3 Å². The van der Waals surface area contributed by atoms with Crippen LogP contribution in [0.15, 0.2) is 72.8 Å². The molecule has 1 N–H and O–H groups in total. The van der Waals surface area contributed by atoms with Gasteiger partial charge in [-0.3, -0.25) is 25.0 Å². The molecule has 11 nitrogen and oxygen atoms in total. The summed E-state index contributed by atoms with van der Waals surface area (Å²) in [4.78, 5) is 33.8. The summed E-state index contributed by atoms with van der Waals surface area (Å²) in [5.41, 5.74) is 1.22. The van der Waals surface area contributed by atoms with Crippen molar-refractivity contribution in [3.63, 3.8) is 0 Å². The molecule has 0 aliphatic carbocycles. The highest BCUT2D eigenvalue weighted by molar-refractivity contribution is 6.09. The third-order valence-corrected chi connectivity index (χ3v) is 5.29. The summed E-state index contributed by atoms with van der Waals surface area (Å²) in [7, 11) is 1.35. The first-order valence-electron chi connectivity index (χ1n) is 11.1. The molecule has 192 valence electrons. The summed E-state index contributed by atoms with van der Waals surface area (Å²) in [5, 5.41) is 34.9. The van der Waals surface area contributed by atoms with Gasteiger partial charge in [0, 0.05) is 17.3 Å². The van der Waals surface area contributed by atoms with Gasteiger partial charge in [0.05, 0.1) is 23.0 Å². The normalized spacial score (nSPS) is 10.7. The minimum absolute atomic E-state index is 0.115. The number of nitrogens with zero attached hydrogens (tertiary/aromatic N) is 3. The van der Waals surface area contributed by atoms with Gasteiger partial charge in [0.2, 0.25) is 5.75 Å². The maximum Gasteiger partial charge on any atom is 0.318 e. The van der Waals surface area contributed by atoms with Gasteiger partial charge in [-0.15, -0.1) is 6.58 Å². The van der Waals surface area contributed by atoms with E-state index in [1.165, 1.54) is 19.3 Å². The van der Waals surface area contributed by atoms with E-state index in [-0.39, 0.29) is 29.2 Å². The van der Waals surface area contributed by atoms with Crippen molar-refractivity contribution in [3.05, 3.63) is 110 Å². The van der Waals surface area contributed by atoms with Gasteiger partial charge in [-0.25, -0.2) is 0 Å². The second-order valence-electron chi connectivity index (χ2n) is 7.96. The van der Waals surface area contributed by atoms with Crippen molar-refractivity contribution < 1.29 is 24.1 Å². The van der Waals surface area contributed by atoms with E-state index in [9.17, 15) is 30.3 Å². The number of ether oxygens (including phenoxy) is 2. The Kier molecular flexibility index (Phi) is 8.53. The van der Waals surface area contributed by atoms with Crippen LogP contribution < -0.4 is 14.8 Å². The number of methoxy groups -OCH3 is 1. The Hall–Kier alpha value is -5.50. The highest BCUT2D eigenvalue weighted by Gasteiger charge is 2.24. The van der Waals surface area contributed by atoms with Crippen LogP contribution in [0.2, 0.25) is 0 Å². The van der Waals surface area contributed by atoms with Crippen molar-refractivity contribution in [1.29, 1.82) is 5.26 Å². The van der Waals surface area contributed by atoms with Crippen LogP contribution in [0.5, 0.6) is 17.2 Å². The van der Waals surface area contributed by atoms with Crippen molar-refractivity contribution in [2.75, 3.05) is 12.4 Å². The molecule has 0 bridgehead atoms. The summed E-state index contributed by atoms with van der Waals surface area (Å²) in [6.07, 6.45) is 3.18. The van der Waals surface area contributed by atoms with Crippen LogP contribution in [0, 0.1) is 38.5 Å². The number of anilines is 1. The second-order valence-corrected chi connectivity index (χ2v) is 7.96. The first-order chi connectivity index (χ1) is 18.2. The molecule has 11 heteroatoms. The van der Waals surface area contributed by atoms with Crippen molar-refractivity contribution in [2.24, 2.45) is 0 Å². The van der Waals surface area contributed by atoms with Crippen LogP contribution in [-0.2, 0) is 11.2 Å². The molecule has 3 aromatic rings. The van der Waals surface area contributed by atoms with E-state index in [2.05, 4.69) is 11.9 Å². The summed E-state index contributed by atoms with van der Waals surface area (Å²) >= 11 is 0. The molecule has 0 heterocycles. The summed E-state index contributed by atoms with van der Waals surface area (Å²) < 4.78 is 11.3. The fraction of sp³-hybridized carbons (Fsp3) is 0.111. The average Bonchev–Trinajstić information content (AvgIpc) is 2.89. The predicted octanol–water partition coefficient (Wildman–Crippen LogP) is 5.89. The summed E-state index contributed by atoms with van der Waals surface area (Å²) in [5.74, 6) is -0.575. The van der Waals surface area contributed by atoms with Gasteiger partial charge in [0.25, 0.3) is 11.6 Å². The molecular weight excluding hydrogens is 492 g/mol. The van der Waals surface area contributed by atoms with Crippen LogP contribution in [0.3, 0.4) is 0 Å². The zero-order chi connectivity index (χ0) is 27.8. The van der Waals surface area contributed by atoms with E-state index < -0.39 is 27.1 Å². The number of nitriles is 1. The molecule has 0 aliphatic rings. The maximum absolute atomic E-state index is 12.7. The lowest BCUT2D eigenvalue weighted by Gasteiger charge is -2.16. The number of benzene rings is 3. The average molecular weight is 514 g/mol. The zero-order valence-corrected chi connectivity index (χ0v) is 20.5. The quantitative estimate of drug-likeness (QED) is 0.115. The Morgan fingerprint density at radius 3 is 2.37 bits per heavy atom. The molecule has 0 radical (unpaired) electrons. The number of nitro groups is 2. The second kappa shape index (κ2) is 12.0. The molecule has 0 aliphatic heterocycles. The summed E-state index contributed by atoms with van der Waals surface area (Å²) in [6, 6.07) is 15.1. The van der Waals surface area contributed by atoms with Crippen molar-refractivity contribution in [1.82, 2.24) is 0 Å². The van der Waals surface area contributed by atoms with Crippen molar-refractivity contribution >= 4 is 29.0 Å². The fourth-order valence-electron chi connectivity index (χ4n) is 3.45. The lowest BCUT2D eigenvalue weighted by Crippen LogP contribution is -2.13. The minimum atomic E-state index is -0.787. The number of carbonyl (C=O) groups is 1. The first kappa shape index (κ1) is 27.1. The highest BCUT2D eigenvalue weighted by Crippen LogP contribution is 2.41. The van der Waals surface area contributed by atoms with Crippen LogP contribution in [0.4, 0.5) is 17.1 Å². The monoisotopic (exact) mass is 514 g/mol. The van der Waals surface area contributed by atoms with E-state index in [0.717, 1.165) is 23.8 Å². The number of rotatable bonds is 10. The van der Waals surface area contributed by atoms with Gasteiger partial charge >= 0.3 is 5.69 Å². The molecule has 38 heavy (non-hydrogen) atoms. The number of amides is 1. The standard InChI is InChI=1S/C27H22N4O7/c1-4-5-19-12-18(13-20(16-28)27(32)29-21-8-6-17(2)7-9-21)14-25(37-3)26(19)38-24-11-10-22(30(33)34)15-23(24)31(35)36/h4,6-15H,1,5H2,2-3H3,(H,29,32)/b20-13+. The Morgan fingerprint density at radius 2 is 1.79 bits per heavy atom. The molecule has 0 atom stereocenters. The molecule has 0 saturated carbocycles. The van der Waals surface area contributed by atoms with Gasteiger partial charge < -0.3 is 14.8 Å². The third-order valence-electron chi connectivity index (χ3n) is 5.29. The van der Waals surface area contributed by atoms with Gasteiger partial charge in [0.15, 0.2) is 11.5 Å². The number of carbonyl (C=O) groups excluding carboxylic acids is 1. The molecule has 0 unspecified atom stereocenters. The molecule has 0 aromatic heterocycles. The number of hydrogen-bond acceptors (Lipinski definition) is 8. The minimum Gasteiger partial charge on any atom is -0.493 e. The SMILES string of the molecule is C=CCc1cc(/C=C(\C#N)C(=O)Nc2ccc(C)cc2)cc(OC)c1Oc1ccc([N+](=O)[O-])cc1[N+](=O)[O-]. The number of hydrogen-bond donors (Lipinski definition) is 1. The Balaban J connectivity index is 2.02. The van der Waals surface area contributed by atoms with E-state index in [0.29, 0.717) is 16.8 Å². The smallest absolute Gasteiger partial charge is 0.318 e.